The largest absolute Gasteiger partial charge is 0.391 e. The maximum absolute atomic E-state index is 9.26. The van der Waals surface area contributed by atoms with Gasteiger partial charge in [-0.3, -0.25) is 0 Å². The predicted octanol–water partition coefficient (Wildman–Crippen LogP) is 3.46. The zero-order valence-corrected chi connectivity index (χ0v) is 10.7. The summed E-state index contributed by atoms with van der Waals surface area (Å²) >= 11 is 12.4. The molecule has 1 unspecified atom stereocenters. The van der Waals surface area contributed by atoms with Crippen molar-refractivity contribution in [2.75, 3.05) is 0 Å². The van der Waals surface area contributed by atoms with E-state index in [9.17, 15) is 5.11 Å². The maximum Gasteiger partial charge on any atom is 0.139 e. The number of aryl methyl sites for hydroxylation is 1. The third-order valence-electron chi connectivity index (χ3n) is 2.59. The maximum atomic E-state index is 9.26. The summed E-state index contributed by atoms with van der Waals surface area (Å²) in [6, 6.07) is 7.27. The number of benzene rings is 1. The van der Waals surface area contributed by atoms with Crippen LogP contribution in [0.25, 0.3) is 0 Å². The Balaban J connectivity index is 2.44. The SMILES string of the molecule is Cc1onc(C(Cl)c2ccccc2Cl)c1CO. The Morgan fingerprint density at radius 2 is 2.12 bits per heavy atom. The fraction of sp³-hybridized carbons (Fsp3) is 0.250. The fourth-order valence-electron chi connectivity index (χ4n) is 1.63. The van der Waals surface area contributed by atoms with Crippen LogP contribution in [-0.2, 0) is 6.61 Å². The van der Waals surface area contributed by atoms with E-state index in [0.29, 0.717) is 22.0 Å². The second-order valence-corrected chi connectivity index (χ2v) is 4.49. The van der Waals surface area contributed by atoms with Gasteiger partial charge in [0.1, 0.15) is 16.8 Å². The first-order valence-corrected chi connectivity index (χ1v) is 5.91. The van der Waals surface area contributed by atoms with Crippen molar-refractivity contribution in [3.63, 3.8) is 0 Å². The van der Waals surface area contributed by atoms with Gasteiger partial charge < -0.3 is 9.63 Å². The molecule has 0 amide bonds. The number of aromatic nitrogens is 1. The van der Waals surface area contributed by atoms with E-state index in [1.165, 1.54) is 0 Å². The minimum absolute atomic E-state index is 0.154. The van der Waals surface area contributed by atoms with Gasteiger partial charge in [0.05, 0.1) is 6.61 Å². The summed E-state index contributed by atoms with van der Waals surface area (Å²) in [5.41, 5.74) is 1.88. The van der Waals surface area contributed by atoms with Crippen LogP contribution < -0.4 is 0 Å². The number of hydrogen-bond acceptors (Lipinski definition) is 3. The van der Waals surface area contributed by atoms with Crippen molar-refractivity contribution >= 4 is 23.2 Å². The Bertz CT molecular complexity index is 525. The highest BCUT2D eigenvalue weighted by Crippen LogP contribution is 2.35. The molecule has 2 rings (SSSR count). The van der Waals surface area contributed by atoms with Gasteiger partial charge in [-0.05, 0) is 18.6 Å². The van der Waals surface area contributed by atoms with Crippen molar-refractivity contribution in [2.45, 2.75) is 18.9 Å². The first-order chi connectivity index (χ1) is 8.15. The lowest BCUT2D eigenvalue weighted by atomic mass is 10.1. The monoisotopic (exact) mass is 271 g/mol. The normalized spacial score (nSPS) is 12.7. The molecule has 3 nitrogen and oxygen atoms in total. The highest BCUT2D eigenvalue weighted by molar-refractivity contribution is 6.33. The zero-order valence-electron chi connectivity index (χ0n) is 9.15. The van der Waals surface area contributed by atoms with Gasteiger partial charge in [-0.15, -0.1) is 11.6 Å². The van der Waals surface area contributed by atoms with Gasteiger partial charge in [0.25, 0.3) is 0 Å². The molecule has 2 aromatic rings. The van der Waals surface area contributed by atoms with Crippen LogP contribution in [0.2, 0.25) is 5.02 Å². The van der Waals surface area contributed by atoms with Crippen molar-refractivity contribution in [1.82, 2.24) is 5.16 Å². The minimum Gasteiger partial charge on any atom is -0.391 e. The van der Waals surface area contributed by atoms with Crippen molar-refractivity contribution in [3.05, 3.63) is 51.9 Å². The zero-order chi connectivity index (χ0) is 12.4. The number of aliphatic hydroxyl groups is 1. The molecule has 0 aliphatic rings. The quantitative estimate of drug-likeness (QED) is 0.870. The van der Waals surface area contributed by atoms with Crippen molar-refractivity contribution < 1.29 is 9.63 Å². The van der Waals surface area contributed by atoms with Crippen LogP contribution in [-0.4, -0.2) is 10.3 Å². The molecule has 0 fully saturated rings. The lowest BCUT2D eigenvalue weighted by Gasteiger charge is -2.09. The predicted molar refractivity (Wildman–Crippen MR) is 66.3 cm³/mol. The highest BCUT2D eigenvalue weighted by Gasteiger charge is 2.22. The van der Waals surface area contributed by atoms with Gasteiger partial charge in [0, 0.05) is 10.6 Å². The number of nitrogens with zero attached hydrogens (tertiary/aromatic N) is 1. The molecule has 0 aliphatic carbocycles. The molecule has 0 saturated carbocycles. The molecule has 0 bridgehead atoms. The van der Waals surface area contributed by atoms with Gasteiger partial charge >= 0.3 is 0 Å². The van der Waals surface area contributed by atoms with Crippen LogP contribution >= 0.6 is 23.2 Å². The van der Waals surface area contributed by atoms with Crippen molar-refractivity contribution in [1.29, 1.82) is 0 Å². The van der Waals surface area contributed by atoms with Crippen LogP contribution in [0.1, 0.15) is 28.0 Å². The summed E-state index contributed by atoms with van der Waals surface area (Å²) in [4.78, 5) is 0. The molecule has 0 radical (unpaired) electrons. The molecule has 1 atom stereocenters. The van der Waals surface area contributed by atoms with Crippen LogP contribution in [0.4, 0.5) is 0 Å². The average molecular weight is 272 g/mol. The molecule has 0 saturated heterocycles. The number of aliphatic hydroxyl groups excluding tert-OH is 1. The third kappa shape index (κ3) is 2.32. The lowest BCUT2D eigenvalue weighted by molar-refractivity contribution is 0.277. The second-order valence-electron chi connectivity index (χ2n) is 3.64. The summed E-state index contributed by atoms with van der Waals surface area (Å²) < 4.78 is 5.03. The lowest BCUT2D eigenvalue weighted by Crippen LogP contribution is -1.99. The van der Waals surface area contributed by atoms with Gasteiger partial charge in [-0.2, -0.15) is 0 Å². The van der Waals surface area contributed by atoms with Crippen molar-refractivity contribution in [2.24, 2.45) is 0 Å². The van der Waals surface area contributed by atoms with E-state index in [0.717, 1.165) is 5.56 Å². The van der Waals surface area contributed by atoms with Gasteiger partial charge in [-0.25, -0.2) is 0 Å². The van der Waals surface area contributed by atoms with E-state index in [2.05, 4.69) is 5.16 Å². The second kappa shape index (κ2) is 5.08. The number of halogens is 2. The topological polar surface area (TPSA) is 46.3 Å². The molecule has 1 N–H and O–H groups in total. The summed E-state index contributed by atoms with van der Waals surface area (Å²) in [7, 11) is 0. The van der Waals surface area contributed by atoms with Crippen molar-refractivity contribution in [3.8, 4) is 0 Å². The van der Waals surface area contributed by atoms with E-state index >= 15 is 0 Å². The Labute approximate surface area is 109 Å². The minimum atomic E-state index is -0.525. The Morgan fingerprint density at radius 1 is 1.41 bits per heavy atom. The highest BCUT2D eigenvalue weighted by atomic mass is 35.5. The molecule has 90 valence electrons. The van der Waals surface area contributed by atoms with Gasteiger partial charge in [0.2, 0.25) is 0 Å². The van der Waals surface area contributed by atoms with E-state index < -0.39 is 5.38 Å². The molecular formula is C12H11Cl2NO2. The number of hydrogen-bond donors (Lipinski definition) is 1. The molecule has 5 heteroatoms. The summed E-state index contributed by atoms with van der Waals surface area (Å²) in [5, 5.41) is 13.2. The molecular weight excluding hydrogens is 261 g/mol. The van der Waals surface area contributed by atoms with Gasteiger partial charge in [0.15, 0.2) is 0 Å². The summed E-state index contributed by atoms with van der Waals surface area (Å²) in [6.45, 7) is 1.58. The first kappa shape index (κ1) is 12.4. The smallest absolute Gasteiger partial charge is 0.139 e. The summed E-state index contributed by atoms with van der Waals surface area (Å²) in [5.74, 6) is 0.570. The van der Waals surface area contributed by atoms with Crippen LogP contribution in [0.5, 0.6) is 0 Å². The van der Waals surface area contributed by atoms with Crippen LogP contribution in [0.15, 0.2) is 28.8 Å². The molecule has 1 aromatic carbocycles. The van der Waals surface area contributed by atoms with Crippen LogP contribution in [0.3, 0.4) is 0 Å². The standard InChI is InChI=1S/C12H11Cl2NO2/c1-7-9(6-16)12(15-17-7)11(14)8-4-2-3-5-10(8)13/h2-5,11,16H,6H2,1H3. The number of rotatable bonds is 3. The van der Waals surface area contributed by atoms with E-state index in [4.69, 9.17) is 27.7 Å². The molecule has 17 heavy (non-hydrogen) atoms. The average Bonchev–Trinajstić information content (AvgIpc) is 2.70. The Hall–Kier alpha value is -1.03. The summed E-state index contributed by atoms with van der Waals surface area (Å²) in [6.07, 6.45) is 0. The molecule has 1 heterocycles. The van der Waals surface area contributed by atoms with E-state index in [-0.39, 0.29) is 6.61 Å². The van der Waals surface area contributed by atoms with E-state index in [1.807, 2.05) is 18.2 Å². The number of alkyl halides is 1. The Kier molecular flexibility index (Phi) is 3.72. The molecule has 1 aromatic heterocycles. The van der Waals surface area contributed by atoms with Crippen LogP contribution in [0, 0.1) is 6.92 Å². The fourth-order valence-corrected chi connectivity index (χ4v) is 2.29. The molecule has 0 aliphatic heterocycles. The first-order valence-electron chi connectivity index (χ1n) is 5.09. The Morgan fingerprint density at radius 3 is 2.76 bits per heavy atom. The van der Waals surface area contributed by atoms with Gasteiger partial charge in [-0.1, -0.05) is 35.0 Å². The molecule has 0 spiro atoms. The third-order valence-corrected chi connectivity index (χ3v) is 3.38. The van der Waals surface area contributed by atoms with E-state index in [1.54, 1.807) is 13.0 Å².